The third-order valence-electron chi connectivity index (χ3n) is 4.36. The number of methoxy groups -OCH3 is 1. The van der Waals surface area contributed by atoms with E-state index in [1.807, 2.05) is 24.3 Å². The number of ether oxygens (including phenoxy) is 1. The molecular formula is C16H21ClN4O3S. The fourth-order valence-electron chi connectivity index (χ4n) is 3.09. The standard InChI is InChI=1S/C16H21ClN4O3S/c1-12-15(16(17)19(2)18-12)25(22,23)21-10-8-20(9-11-21)13-6-4-5-7-14(13)24-3/h4-7H,8-11H2,1-3H3. The summed E-state index contributed by atoms with van der Waals surface area (Å²) < 4.78 is 34.2. The second-order valence-electron chi connectivity index (χ2n) is 5.89. The Balaban J connectivity index is 1.80. The van der Waals surface area contributed by atoms with Gasteiger partial charge in [-0.3, -0.25) is 4.68 Å². The van der Waals surface area contributed by atoms with Crippen LogP contribution in [0.15, 0.2) is 29.2 Å². The SMILES string of the molecule is COc1ccccc1N1CCN(S(=O)(=O)c2c(C)nn(C)c2Cl)CC1. The maximum atomic E-state index is 13.0. The van der Waals surface area contributed by atoms with Gasteiger partial charge in [0.2, 0.25) is 10.0 Å². The lowest BCUT2D eigenvalue weighted by Crippen LogP contribution is -2.48. The van der Waals surface area contributed by atoms with E-state index in [2.05, 4.69) is 10.00 Å². The molecule has 1 aromatic heterocycles. The average molecular weight is 385 g/mol. The number of halogens is 1. The van der Waals surface area contributed by atoms with Gasteiger partial charge in [-0.2, -0.15) is 9.40 Å². The van der Waals surface area contributed by atoms with Crippen molar-refractivity contribution in [2.24, 2.45) is 7.05 Å². The van der Waals surface area contributed by atoms with Crippen molar-refractivity contribution in [3.05, 3.63) is 35.1 Å². The minimum atomic E-state index is -3.66. The van der Waals surface area contributed by atoms with Crippen LogP contribution in [-0.4, -0.2) is 55.8 Å². The summed E-state index contributed by atoms with van der Waals surface area (Å²) in [4.78, 5) is 2.23. The highest BCUT2D eigenvalue weighted by Crippen LogP contribution is 2.31. The van der Waals surface area contributed by atoms with Gasteiger partial charge >= 0.3 is 0 Å². The lowest BCUT2D eigenvalue weighted by Gasteiger charge is -2.35. The Kier molecular flexibility index (Phi) is 4.95. The molecule has 9 heteroatoms. The van der Waals surface area contributed by atoms with E-state index in [0.717, 1.165) is 11.4 Å². The third-order valence-corrected chi connectivity index (χ3v) is 6.96. The number of para-hydroxylation sites is 2. The predicted molar refractivity (Wildman–Crippen MR) is 96.9 cm³/mol. The van der Waals surface area contributed by atoms with E-state index in [0.29, 0.717) is 31.9 Å². The largest absolute Gasteiger partial charge is 0.495 e. The van der Waals surface area contributed by atoms with Crippen molar-refractivity contribution in [1.82, 2.24) is 14.1 Å². The van der Waals surface area contributed by atoms with Crippen LogP contribution in [0.25, 0.3) is 0 Å². The first-order chi connectivity index (χ1) is 11.9. The number of hydrogen-bond acceptors (Lipinski definition) is 5. The van der Waals surface area contributed by atoms with Gasteiger partial charge in [-0.15, -0.1) is 0 Å². The highest BCUT2D eigenvalue weighted by Gasteiger charge is 2.34. The zero-order chi connectivity index (χ0) is 18.2. The van der Waals surface area contributed by atoms with Crippen LogP contribution in [0.5, 0.6) is 5.75 Å². The number of hydrogen-bond donors (Lipinski definition) is 0. The summed E-state index contributed by atoms with van der Waals surface area (Å²) in [6.45, 7) is 3.58. The molecule has 0 amide bonds. The zero-order valence-electron chi connectivity index (χ0n) is 14.4. The van der Waals surface area contributed by atoms with E-state index in [-0.39, 0.29) is 10.0 Å². The molecule has 2 heterocycles. The molecule has 2 aromatic rings. The normalized spacial score (nSPS) is 16.2. The highest BCUT2D eigenvalue weighted by atomic mass is 35.5. The Labute approximate surface area is 152 Å². The quantitative estimate of drug-likeness (QED) is 0.805. The van der Waals surface area contributed by atoms with Crippen LogP contribution in [0.2, 0.25) is 5.15 Å². The summed E-state index contributed by atoms with van der Waals surface area (Å²) in [5.41, 5.74) is 1.39. The lowest BCUT2D eigenvalue weighted by molar-refractivity contribution is 0.378. The Bertz CT molecular complexity index is 874. The molecule has 0 spiro atoms. The molecule has 1 saturated heterocycles. The van der Waals surface area contributed by atoms with Gasteiger partial charge in [0, 0.05) is 33.2 Å². The molecule has 1 aliphatic rings. The van der Waals surface area contributed by atoms with Crippen molar-refractivity contribution in [1.29, 1.82) is 0 Å². The first-order valence-electron chi connectivity index (χ1n) is 7.93. The number of nitrogens with zero attached hydrogens (tertiary/aromatic N) is 4. The van der Waals surface area contributed by atoms with Gasteiger partial charge in [-0.05, 0) is 19.1 Å². The van der Waals surface area contributed by atoms with Gasteiger partial charge in [-0.25, -0.2) is 8.42 Å². The van der Waals surface area contributed by atoms with Gasteiger partial charge in [-0.1, -0.05) is 23.7 Å². The first kappa shape index (κ1) is 18.0. The number of aryl methyl sites for hydroxylation is 2. The molecule has 1 aliphatic heterocycles. The Hall–Kier alpha value is -1.77. The molecule has 0 radical (unpaired) electrons. The fourth-order valence-corrected chi connectivity index (χ4v) is 5.22. The van der Waals surface area contributed by atoms with E-state index in [1.165, 1.54) is 8.99 Å². The number of aromatic nitrogens is 2. The molecule has 1 aromatic carbocycles. The van der Waals surface area contributed by atoms with Gasteiger partial charge < -0.3 is 9.64 Å². The van der Waals surface area contributed by atoms with E-state index in [4.69, 9.17) is 16.3 Å². The third kappa shape index (κ3) is 3.21. The second kappa shape index (κ2) is 6.86. The Morgan fingerprint density at radius 1 is 1.16 bits per heavy atom. The van der Waals surface area contributed by atoms with E-state index < -0.39 is 10.0 Å². The Morgan fingerprint density at radius 3 is 2.36 bits per heavy atom. The fraction of sp³-hybridized carbons (Fsp3) is 0.438. The first-order valence-corrected chi connectivity index (χ1v) is 9.75. The molecule has 0 atom stereocenters. The van der Waals surface area contributed by atoms with Crippen LogP contribution in [0.4, 0.5) is 5.69 Å². The van der Waals surface area contributed by atoms with Crippen molar-refractivity contribution in [2.75, 3.05) is 38.2 Å². The average Bonchev–Trinajstić information content (AvgIpc) is 2.87. The van der Waals surface area contributed by atoms with Crippen LogP contribution in [0.3, 0.4) is 0 Å². The lowest BCUT2D eigenvalue weighted by atomic mass is 10.2. The summed E-state index contributed by atoms with van der Waals surface area (Å²) in [7, 11) is -0.399. The Morgan fingerprint density at radius 2 is 1.80 bits per heavy atom. The summed E-state index contributed by atoms with van der Waals surface area (Å²) in [6, 6.07) is 7.73. The van der Waals surface area contributed by atoms with Crippen LogP contribution in [0, 0.1) is 6.92 Å². The van der Waals surface area contributed by atoms with E-state index in [1.54, 1.807) is 21.1 Å². The predicted octanol–water partition coefficient (Wildman–Crippen LogP) is 1.90. The highest BCUT2D eigenvalue weighted by molar-refractivity contribution is 7.89. The smallest absolute Gasteiger partial charge is 0.248 e. The minimum absolute atomic E-state index is 0.0995. The molecule has 0 aliphatic carbocycles. The summed E-state index contributed by atoms with van der Waals surface area (Å²) in [5.74, 6) is 0.782. The van der Waals surface area contributed by atoms with E-state index in [9.17, 15) is 8.42 Å². The van der Waals surface area contributed by atoms with Gasteiger partial charge in [0.25, 0.3) is 0 Å². The summed E-state index contributed by atoms with van der Waals surface area (Å²) >= 11 is 6.15. The zero-order valence-corrected chi connectivity index (χ0v) is 16.0. The number of sulfonamides is 1. The molecule has 7 nitrogen and oxygen atoms in total. The molecule has 0 unspecified atom stereocenters. The van der Waals surface area contributed by atoms with Crippen molar-refractivity contribution >= 4 is 27.3 Å². The molecule has 1 fully saturated rings. The molecule has 0 N–H and O–H groups in total. The monoisotopic (exact) mass is 384 g/mol. The van der Waals surface area contributed by atoms with E-state index >= 15 is 0 Å². The molecular weight excluding hydrogens is 364 g/mol. The number of anilines is 1. The number of piperazine rings is 1. The van der Waals surface area contributed by atoms with Gasteiger partial charge in [0.15, 0.2) is 0 Å². The van der Waals surface area contributed by atoms with Crippen molar-refractivity contribution in [2.45, 2.75) is 11.8 Å². The van der Waals surface area contributed by atoms with Gasteiger partial charge in [0.05, 0.1) is 18.5 Å². The molecule has 0 bridgehead atoms. The second-order valence-corrected chi connectivity index (χ2v) is 8.12. The van der Waals surface area contributed by atoms with Gasteiger partial charge in [0.1, 0.15) is 15.8 Å². The number of rotatable bonds is 4. The van der Waals surface area contributed by atoms with Crippen molar-refractivity contribution in [3.8, 4) is 5.75 Å². The van der Waals surface area contributed by atoms with Crippen molar-refractivity contribution in [3.63, 3.8) is 0 Å². The van der Waals surface area contributed by atoms with Crippen LogP contribution < -0.4 is 9.64 Å². The topological polar surface area (TPSA) is 67.7 Å². The summed E-state index contributed by atoms with van der Waals surface area (Å²) in [6.07, 6.45) is 0. The minimum Gasteiger partial charge on any atom is -0.495 e. The maximum Gasteiger partial charge on any atom is 0.248 e. The molecule has 25 heavy (non-hydrogen) atoms. The maximum absolute atomic E-state index is 13.0. The van der Waals surface area contributed by atoms with Crippen LogP contribution in [0.1, 0.15) is 5.69 Å². The number of benzene rings is 1. The molecule has 3 rings (SSSR count). The van der Waals surface area contributed by atoms with Crippen LogP contribution in [-0.2, 0) is 17.1 Å². The van der Waals surface area contributed by atoms with Crippen LogP contribution >= 0.6 is 11.6 Å². The molecule has 0 saturated carbocycles. The molecule has 136 valence electrons. The summed E-state index contributed by atoms with van der Waals surface area (Å²) in [5, 5.41) is 4.25. The van der Waals surface area contributed by atoms with Crippen molar-refractivity contribution < 1.29 is 13.2 Å².